The number of sulfonamides is 1. The summed E-state index contributed by atoms with van der Waals surface area (Å²) in [6.07, 6.45) is 3.35. The SMILES string of the molecule is CC(C(=O)Nc1ccc2c(c1)CCC2)N1CCN(S(=O)(=O)c2ccccc2Cl)CC1. The summed E-state index contributed by atoms with van der Waals surface area (Å²) < 4.78 is 27.2. The van der Waals surface area contributed by atoms with E-state index in [0.29, 0.717) is 26.2 Å². The van der Waals surface area contributed by atoms with E-state index in [2.05, 4.69) is 17.4 Å². The molecule has 4 rings (SSSR count). The number of nitrogens with zero attached hydrogens (tertiary/aromatic N) is 2. The molecular formula is C22H26ClN3O3S. The summed E-state index contributed by atoms with van der Waals surface area (Å²) in [6, 6.07) is 12.3. The molecule has 1 saturated heterocycles. The lowest BCUT2D eigenvalue weighted by molar-refractivity contribution is -0.121. The minimum absolute atomic E-state index is 0.0737. The molecule has 0 spiro atoms. The van der Waals surface area contributed by atoms with E-state index >= 15 is 0 Å². The van der Waals surface area contributed by atoms with Crippen LogP contribution in [0.3, 0.4) is 0 Å². The van der Waals surface area contributed by atoms with Gasteiger partial charge in [-0.15, -0.1) is 0 Å². The fourth-order valence-corrected chi connectivity index (χ4v) is 6.10. The highest BCUT2D eigenvalue weighted by Crippen LogP contribution is 2.26. The van der Waals surface area contributed by atoms with E-state index < -0.39 is 10.0 Å². The number of anilines is 1. The molecule has 2 aromatic carbocycles. The number of amides is 1. The van der Waals surface area contributed by atoms with E-state index in [0.717, 1.165) is 18.5 Å². The van der Waals surface area contributed by atoms with Gasteiger partial charge in [0, 0.05) is 31.9 Å². The first kappa shape index (κ1) is 21.3. The summed E-state index contributed by atoms with van der Waals surface area (Å²) in [4.78, 5) is 14.9. The maximum atomic E-state index is 12.9. The Hall–Kier alpha value is -1.93. The van der Waals surface area contributed by atoms with Gasteiger partial charge in [-0.2, -0.15) is 4.31 Å². The zero-order valence-corrected chi connectivity index (χ0v) is 18.5. The Morgan fingerprint density at radius 1 is 1.03 bits per heavy atom. The average molecular weight is 448 g/mol. The van der Waals surface area contributed by atoms with Gasteiger partial charge in [0.1, 0.15) is 4.90 Å². The smallest absolute Gasteiger partial charge is 0.244 e. The van der Waals surface area contributed by atoms with Crippen molar-refractivity contribution in [2.24, 2.45) is 0 Å². The lowest BCUT2D eigenvalue weighted by atomic mass is 10.1. The first-order valence-electron chi connectivity index (χ1n) is 10.3. The molecule has 1 unspecified atom stereocenters. The number of carbonyl (C=O) groups excluding carboxylic acids is 1. The van der Waals surface area contributed by atoms with Gasteiger partial charge < -0.3 is 5.32 Å². The molecule has 1 amide bonds. The summed E-state index contributed by atoms with van der Waals surface area (Å²) in [7, 11) is -3.64. The minimum atomic E-state index is -3.64. The summed E-state index contributed by atoms with van der Waals surface area (Å²) in [5.74, 6) is -0.0737. The number of hydrogen-bond acceptors (Lipinski definition) is 4. The summed E-state index contributed by atoms with van der Waals surface area (Å²) in [6.45, 7) is 3.49. The van der Waals surface area contributed by atoms with Crippen LogP contribution in [0.4, 0.5) is 5.69 Å². The quantitative estimate of drug-likeness (QED) is 0.764. The van der Waals surface area contributed by atoms with Gasteiger partial charge in [-0.1, -0.05) is 29.8 Å². The molecule has 8 heteroatoms. The number of aryl methyl sites for hydroxylation is 2. The lowest BCUT2D eigenvalue weighted by Crippen LogP contribution is -2.53. The summed E-state index contributed by atoms with van der Waals surface area (Å²) in [5, 5.41) is 3.24. The van der Waals surface area contributed by atoms with Crippen LogP contribution in [0, 0.1) is 0 Å². The van der Waals surface area contributed by atoms with E-state index in [9.17, 15) is 13.2 Å². The van der Waals surface area contributed by atoms with Crippen LogP contribution in [0.15, 0.2) is 47.4 Å². The monoisotopic (exact) mass is 447 g/mol. The number of carbonyl (C=O) groups is 1. The normalized spacial score (nSPS) is 18.7. The van der Waals surface area contributed by atoms with Crippen molar-refractivity contribution in [2.75, 3.05) is 31.5 Å². The standard InChI is InChI=1S/C22H26ClN3O3S/c1-16(22(27)24-19-10-9-17-5-4-6-18(17)15-19)25-11-13-26(14-12-25)30(28,29)21-8-3-2-7-20(21)23/h2-3,7-10,15-16H,4-6,11-14H2,1H3,(H,24,27). The summed E-state index contributed by atoms with van der Waals surface area (Å²) in [5.41, 5.74) is 3.52. The van der Waals surface area contributed by atoms with Crippen LogP contribution in [0.1, 0.15) is 24.5 Å². The van der Waals surface area contributed by atoms with E-state index in [-0.39, 0.29) is 21.9 Å². The second-order valence-electron chi connectivity index (χ2n) is 7.87. The Kier molecular flexibility index (Phi) is 6.16. The van der Waals surface area contributed by atoms with Gasteiger partial charge in [-0.3, -0.25) is 9.69 Å². The molecule has 1 heterocycles. The highest BCUT2D eigenvalue weighted by molar-refractivity contribution is 7.89. The molecule has 2 aromatic rings. The predicted octanol–water partition coefficient (Wildman–Crippen LogP) is 3.16. The van der Waals surface area contributed by atoms with E-state index in [4.69, 9.17) is 11.6 Å². The molecule has 0 saturated carbocycles. The van der Waals surface area contributed by atoms with Crippen LogP contribution in [0.25, 0.3) is 0 Å². The van der Waals surface area contributed by atoms with Crippen molar-refractivity contribution < 1.29 is 13.2 Å². The fourth-order valence-electron chi connectivity index (χ4n) is 4.19. The minimum Gasteiger partial charge on any atom is -0.325 e. The highest BCUT2D eigenvalue weighted by atomic mass is 35.5. The van der Waals surface area contributed by atoms with Crippen molar-refractivity contribution in [3.05, 3.63) is 58.6 Å². The number of halogens is 1. The Balaban J connectivity index is 1.36. The number of nitrogens with one attached hydrogen (secondary N) is 1. The van der Waals surface area contributed by atoms with Crippen molar-refractivity contribution in [3.8, 4) is 0 Å². The van der Waals surface area contributed by atoms with Gasteiger partial charge in [0.05, 0.1) is 11.1 Å². The lowest BCUT2D eigenvalue weighted by Gasteiger charge is -2.36. The second-order valence-corrected chi connectivity index (χ2v) is 10.2. The van der Waals surface area contributed by atoms with Crippen LogP contribution in [0.5, 0.6) is 0 Å². The Bertz CT molecular complexity index is 1050. The van der Waals surface area contributed by atoms with Gasteiger partial charge in [-0.05, 0) is 61.6 Å². The van der Waals surface area contributed by atoms with Crippen molar-refractivity contribution in [1.82, 2.24) is 9.21 Å². The molecule has 1 N–H and O–H groups in total. The topological polar surface area (TPSA) is 69.7 Å². The Morgan fingerprint density at radius 3 is 2.47 bits per heavy atom. The highest BCUT2D eigenvalue weighted by Gasteiger charge is 2.32. The van der Waals surface area contributed by atoms with E-state index in [1.165, 1.54) is 27.9 Å². The third kappa shape index (κ3) is 4.25. The number of benzene rings is 2. The Labute approximate surface area is 182 Å². The van der Waals surface area contributed by atoms with Crippen LogP contribution in [0.2, 0.25) is 5.02 Å². The third-order valence-electron chi connectivity index (χ3n) is 6.02. The van der Waals surface area contributed by atoms with E-state index in [1.54, 1.807) is 18.2 Å². The van der Waals surface area contributed by atoms with Gasteiger partial charge in [0.15, 0.2) is 0 Å². The number of fused-ring (bicyclic) bond motifs is 1. The second kappa shape index (κ2) is 8.67. The van der Waals surface area contributed by atoms with Gasteiger partial charge in [-0.25, -0.2) is 8.42 Å². The average Bonchev–Trinajstić information content (AvgIpc) is 3.21. The van der Waals surface area contributed by atoms with Crippen molar-refractivity contribution in [3.63, 3.8) is 0 Å². The van der Waals surface area contributed by atoms with Crippen LogP contribution >= 0.6 is 11.6 Å². The zero-order valence-electron chi connectivity index (χ0n) is 17.0. The third-order valence-corrected chi connectivity index (χ3v) is 8.42. The molecule has 1 aliphatic heterocycles. The Morgan fingerprint density at radius 2 is 1.73 bits per heavy atom. The number of piperazine rings is 1. The van der Waals surface area contributed by atoms with Gasteiger partial charge in [0.25, 0.3) is 0 Å². The van der Waals surface area contributed by atoms with Crippen LogP contribution in [-0.4, -0.2) is 55.8 Å². The maximum Gasteiger partial charge on any atom is 0.244 e. The number of rotatable bonds is 5. The van der Waals surface area contributed by atoms with Crippen molar-refractivity contribution >= 4 is 33.2 Å². The predicted molar refractivity (Wildman–Crippen MR) is 118 cm³/mol. The van der Waals surface area contributed by atoms with Crippen LogP contribution in [-0.2, 0) is 27.7 Å². The molecule has 2 aliphatic rings. The molecular weight excluding hydrogens is 422 g/mol. The largest absolute Gasteiger partial charge is 0.325 e. The van der Waals surface area contributed by atoms with Gasteiger partial charge >= 0.3 is 0 Å². The molecule has 1 fully saturated rings. The maximum absolute atomic E-state index is 12.9. The first-order chi connectivity index (χ1) is 14.4. The molecule has 6 nitrogen and oxygen atoms in total. The molecule has 0 radical (unpaired) electrons. The summed E-state index contributed by atoms with van der Waals surface area (Å²) >= 11 is 6.09. The first-order valence-corrected chi connectivity index (χ1v) is 12.1. The van der Waals surface area contributed by atoms with Crippen molar-refractivity contribution in [2.45, 2.75) is 37.1 Å². The number of hydrogen-bond donors (Lipinski definition) is 1. The molecule has 0 aromatic heterocycles. The van der Waals surface area contributed by atoms with E-state index in [1.807, 2.05) is 17.9 Å². The van der Waals surface area contributed by atoms with Crippen LogP contribution < -0.4 is 5.32 Å². The molecule has 30 heavy (non-hydrogen) atoms. The fraction of sp³-hybridized carbons (Fsp3) is 0.409. The molecule has 160 valence electrons. The zero-order chi connectivity index (χ0) is 21.3. The molecule has 0 bridgehead atoms. The van der Waals surface area contributed by atoms with Crippen molar-refractivity contribution in [1.29, 1.82) is 0 Å². The molecule has 1 aliphatic carbocycles. The van der Waals surface area contributed by atoms with Gasteiger partial charge in [0.2, 0.25) is 15.9 Å². The molecule has 1 atom stereocenters.